The number of alkyl halides is 2. The Balaban J connectivity index is 1.60. The van der Waals surface area contributed by atoms with Gasteiger partial charge in [0.25, 0.3) is 0 Å². The normalized spacial score (nSPS) is 17.1. The molecule has 0 radical (unpaired) electrons. The Morgan fingerprint density at radius 3 is 2.77 bits per heavy atom. The molecule has 35 heavy (non-hydrogen) atoms. The van der Waals surface area contributed by atoms with E-state index in [1.54, 1.807) is 25.4 Å². The van der Waals surface area contributed by atoms with E-state index in [1.807, 2.05) is 10.7 Å². The lowest BCUT2D eigenvalue weighted by Crippen LogP contribution is -2.10. The Morgan fingerprint density at radius 1 is 1.17 bits per heavy atom. The molecule has 1 fully saturated rings. The van der Waals surface area contributed by atoms with Crippen molar-refractivity contribution in [2.24, 2.45) is 5.92 Å². The van der Waals surface area contributed by atoms with E-state index in [-0.39, 0.29) is 5.82 Å². The van der Waals surface area contributed by atoms with Gasteiger partial charge in [0.05, 0.1) is 17.6 Å². The number of nitrogens with two attached hydrogens (primary N) is 1. The summed E-state index contributed by atoms with van der Waals surface area (Å²) in [5.74, 6) is 0.656. The molecule has 0 amide bonds. The second-order valence-corrected chi connectivity index (χ2v) is 9.18. The molecule has 1 aliphatic carbocycles. The van der Waals surface area contributed by atoms with E-state index in [1.165, 1.54) is 18.3 Å². The minimum absolute atomic E-state index is 0.202. The lowest BCUT2D eigenvalue weighted by Gasteiger charge is -2.21. The van der Waals surface area contributed by atoms with Gasteiger partial charge in [-0.1, -0.05) is 0 Å². The van der Waals surface area contributed by atoms with Gasteiger partial charge in [0.1, 0.15) is 11.9 Å². The van der Waals surface area contributed by atoms with Gasteiger partial charge in [0.15, 0.2) is 11.6 Å². The fourth-order valence-electron chi connectivity index (χ4n) is 4.68. The van der Waals surface area contributed by atoms with E-state index in [4.69, 9.17) is 10.5 Å². The third-order valence-corrected chi connectivity index (χ3v) is 6.60. The second-order valence-electron chi connectivity index (χ2n) is 9.18. The third kappa shape index (κ3) is 3.92. The molecule has 0 spiro atoms. The predicted octanol–water partition coefficient (Wildman–Crippen LogP) is 5.38. The van der Waals surface area contributed by atoms with Crippen molar-refractivity contribution in [1.29, 1.82) is 0 Å². The van der Waals surface area contributed by atoms with Crippen LogP contribution in [0.4, 0.5) is 19.0 Å². The highest BCUT2D eigenvalue weighted by atomic mass is 19.3. The van der Waals surface area contributed by atoms with Crippen molar-refractivity contribution in [3.63, 3.8) is 0 Å². The van der Waals surface area contributed by atoms with Crippen molar-refractivity contribution >= 4 is 5.82 Å². The molecule has 1 aliphatic heterocycles. The molecule has 2 bridgehead atoms. The van der Waals surface area contributed by atoms with Gasteiger partial charge in [-0.25, -0.2) is 14.1 Å². The van der Waals surface area contributed by atoms with Gasteiger partial charge in [0.2, 0.25) is 0 Å². The molecule has 4 aromatic rings. The molecule has 2 N–H and O–H groups in total. The largest absolute Gasteiger partial charge is 0.482 e. The fourth-order valence-corrected chi connectivity index (χ4v) is 4.68. The molecule has 10 heteroatoms. The van der Waals surface area contributed by atoms with Gasteiger partial charge < -0.3 is 10.5 Å². The van der Waals surface area contributed by atoms with E-state index in [0.29, 0.717) is 45.2 Å². The number of nitrogens with zero attached hydrogens (tertiary/aromatic N) is 5. The van der Waals surface area contributed by atoms with Gasteiger partial charge in [-0.05, 0) is 49.9 Å². The van der Waals surface area contributed by atoms with Gasteiger partial charge in [-0.15, -0.1) is 0 Å². The zero-order valence-corrected chi connectivity index (χ0v) is 19.0. The van der Waals surface area contributed by atoms with Crippen molar-refractivity contribution in [3.05, 3.63) is 65.4 Å². The number of fused-ring (bicyclic) bond motifs is 7. The number of halogens is 3. The highest BCUT2D eigenvalue weighted by Gasteiger charge is 2.28. The van der Waals surface area contributed by atoms with Crippen LogP contribution in [0.3, 0.4) is 0 Å². The first-order chi connectivity index (χ1) is 16.9. The molecule has 1 unspecified atom stereocenters. The summed E-state index contributed by atoms with van der Waals surface area (Å²) in [6.45, 7) is -0.299. The molecular weight excluding hydrogens is 457 g/mol. The average Bonchev–Trinajstić information content (AvgIpc) is 3.41. The van der Waals surface area contributed by atoms with Crippen molar-refractivity contribution in [1.82, 2.24) is 24.5 Å². The topological polar surface area (TPSA) is 83.8 Å². The standard InChI is InChI=1S/C25H23F3N6O/c1-13-20-8-18(26)4-5-19(20)22-17(12-34(32-22)25(27)28)6-15-10-31-33(11-14-2-3-14)23(15)16-7-21(35-13)24(29)30-9-16/h4-5,7-10,12-14,25H,2-3,6,11H2,1H3,(H2,29,30). The SMILES string of the molecule is CC1Oc2cc(cnc2N)-c2c(cnn2CC2CC2)Cc2cn(C(F)F)nc2-c2ccc(F)cc21. The van der Waals surface area contributed by atoms with E-state index < -0.39 is 18.5 Å². The van der Waals surface area contributed by atoms with E-state index in [0.717, 1.165) is 36.2 Å². The zero-order valence-electron chi connectivity index (χ0n) is 19.0. The summed E-state index contributed by atoms with van der Waals surface area (Å²) < 4.78 is 50.4. The van der Waals surface area contributed by atoms with E-state index >= 15 is 0 Å². The van der Waals surface area contributed by atoms with Crippen LogP contribution in [-0.2, 0) is 13.0 Å². The van der Waals surface area contributed by atoms with Crippen LogP contribution in [-0.4, -0.2) is 24.5 Å². The Kier molecular flexibility index (Phi) is 5.05. The molecule has 1 aromatic carbocycles. The minimum atomic E-state index is -2.81. The quantitative estimate of drug-likeness (QED) is 0.426. The molecule has 1 atom stereocenters. The van der Waals surface area contributed by atoms with Crippen LogP contribution in [0.2, 0.25) is 0 Å². The highest BCUT2D eigenvalue weighted by Crippen LogP contribution is 2.40. The zero-order chi connectivity index (χ0) is 24.3. The summed E-state index contributed by atoms with van der Waals surface area (Å²) in [5, 5.41) is 8.82. The van der Waals surface area contributed by atoms with Crippen molar-refractivity contribution in [3.8, 4) is 28.3 Å². The molecule has 2 aliphatic rings. The average molecular weight is 480 g/mol. The molecule has 4 heterocycles. The smallest absolute Gasteiger partial charge is 0.333 e. The number of rotatable bonds is 3. The number of anilines is 1. The fraction of sp³-hybridized carbons (Fsp3) is 0.320. The third-order valence-electron chi connectivity index (χ3n) is 6.60. The number of hydrogen-bond acceptors (Lipinski definition) is 5. The van der Waals surface area contributed by atoms with Crippen molar-refractivity contribution in [2.75, 3.05) is 5.73 Å². The van der Waals surface area contributed by atoms with Crippen molar-refractivity contribution < 1.29 is 17.9 Å². The lowest BCUT2D eigenvalue weighted by molar-refractivity contribution is 0.0567. The van der Waals surface area contributed by atoms with Gasteiger partial charge in [-0.3, -0.25) is 4.68 Å². The summed E-state index contributed by atoms with van der Waals surface area (Å²) in [6, 6.07) is 5.99. The number of benzene rings is 1. The van der Waals surface area contributed by atoms with Crippen LogP contribution >= 0.6 is 0 Å². The van der Waals surface area contributed by atoms with Crippen LogP contribution in [0.5, 0.6) is 5.75 Å². The van der Waals surface area contributed by atoms with Gasteiger partial charge in [-0.2, -0.15) is 19.0 Å². The first-order valence-corrected chi connectivity index (χ1v) is 11.5. The molecule has 180 valence electrons. The summed E-state index contributed by atoms with van der Waals surface area (Å²) in [4.78, 5) is 4.34. The maximum absolute atomic E-state index is 14.3. The maximum Gasteiger partial charge on any atom is 0.333 e. The van der Waals surface area contributed by atoms with E-state index in [2.05, 4.69) is 15.2 Å². The molecule has 7 nitrogen and oxygen atoms in total. The van der Waals surface area contributed by atoms with Crippen LogP contribution in [0.25, 0.3) is 22.5 Å². The highest BCUT2D eigenvalue weighted by molar-refractivity contribution is 5.71. The van der Waals surface area contributed by atoms with Crippen molar-refractivity contribution in [2.45, 2.75) is 45.4 Å². The van der Waals surface area contributed by atoms with E-state index in [9.17, 15) is 13.2 Å². The minimum Gasteiger partial charge on any atom is -0.482 e. The summed E-state index contributed by atoms with van der Waals surface area (Å²) in [7, 11) is 0. The van der Waals surface area contributed by atoms with Crippen LogP contribution < -0.4 is 10.5 Å². The summed E-state index contributed by atoms with van der Waals surface area (Å²) in [6.07, 6.45) is 6.74. The Labute approximate surface area is 199 Å². The number of pyridine rings is 1. The van der Waals surface area contributed by atoms with Gasteiger partial charge >= 0.3 is 6.55 Å². The Bertz CT molecular complexity index is 1420. The molecule has 0 saturated heterocycles. The summed E-state index contributed by atoms with van der Waals surface area (Å²) in [5.41, 5.74) is 10.5. The molecule has 6 rings (SSSR count). The number of nitrogen functional groups attached to an aromatic ring is 1. The molecule has 1 saturated carbocycles. The monoisotopic (exact) mass is 480 g/mol. The van der Waals surface area contributed by atoms with Crippen LogP contribution in [0.15, 0.2) is 42.9 Å². The van der Waals surface area contributed by atoms with Crippen LogP contribution in [0.1, 0.15) is 49.1 Å². The Morgan fingerprint density at radius 2 is 2.00 bits per heavy atom. The first-order valence-electron chi connectivity index (χ1n) is 11.5. The number of hydrogen-bond donors (Lipinski definition) is 1. The van der Waals surface area contributed by atoms with Gasteiger partial charge in [0, 0.05) is 53.2 Å². The Hall–Kier alpha value is -3.82. The number of aromatic nitrogens is 5. The van der Waals surface area contributed by atoms with Crippen LogP contribution in [0, 0.1) is 11.7 Å². The maximum atomic E-state index is 14.3. The number of ether oxygens (including phenoxy) is 1. The summed E-state index contributed by atoms with van der Waals surface area (Å²) >= 11 is 0. The molecular formula is C25H23F3N6O. The molecule has 3 aromatic heterocycles. The lowest BCUT2D eigenvalue weighted by atomic mass is 9.94. The second kappa shape index (κ2) is 8.14. The first kappa shape index (κ1) is 21.7. The predicted molar refractivity (Wildman–Crippen MR) is 123 cm³/mol.